The largest absolute Gasteiger partial charge is 0.328 e. The first-order chi connectivity index (χ1) is 11.5. The molecule has 0 amide bonds. The lowest BCUT2D eigenvalue weighted by atomic mass is 10.0. The Morgan fingerprint density at radius 1 is 1.33 bits per heavy atom. The molecule has 0 spiro atoms. The minimum absolute atomic E-state index is 0.524. The summed E-state index contributed by atoms with van der Waals surface area (Å²) in [5, 5.41) is 10.2. The van der Waals surface area contributed by atoms with Crippen molar-refractivity contribution in [2.45, 2.75) is 25.4 Å². The molecular formula is C19H18N4S. The van der Waals surface area contributed by atoms with Gasteiger partial charge in [-0.05, 0) is 25.7 Å². The molecule has 120 valence electrons. The van der Waals surface area contributed by atoms with Crippen LogP contribution in [0.25, 0.3) is 5.70 Å². The summed E-state index contributed by atoms with van der Waals surface area (Å²) in [6.45, 7) is 8.93. The van der Waals surface area contributed by atoms with Gasteiger partial charge in [0.05, 0.1) is 17.7 Å². The predicted molar refractivity (Wildman–Crippen MR) is 99.4 cm³/mol. The lowest BCUT2D eigenvalue weighted by Crippen LogP contribution is -2.23. The molecule has 1 aromatic heterocycles. The van der Waals surface area contributed by atoms with Gasteiger partial charge in [-0.25, -0.2) is 9.98 Å². The summed E-state index contributed by atoms with van der Waals surface area (Å²) in [5.41, 5.74) is 6.16. The number of thioether (sulfide) groups is 1. The van der Waals surface area contributed by atoms with E-state index in [0.717, 1.165) is 17.0 Å². The molecule has 24 heavy (non-hydrogen) atoms. The molecule has 0 unspecified atom stereocenters. The predicted octanol–water partition coefficient (Wildman–Crippen LogP) is 4.44. The first-order valence-electron chi connectivity index (χ1n) is 7.59. The number of pyridine rings is 1. The highest BCUT2D eigenvalue weighted by molar-refractivity contribution is 7.98. The van der Waals surface area contributed by atoms with Gasteiger partial charge in [-0.15, -0.1) is 11.8 Å². The van der Waals surface area contributed by atoms with Gasteiger partial charge in [-0.3, -0.25) is 0 Å². The Kier molecular flexibility index (Phi) is 4.41. The summed E-state index contributed by atoms with van der Waals surface area (Å²) >= 11 is 1.46. The summed E-state index contributed by atoms with van der Waals surface area (Å²) in [5.74, 6) is 0. The van der Waals surface area contributed by atoms with Crippen LogP contribution in [0.2, 0.25) is 0 Å². The number of hydrogen-bond donors (Lipinski definition) is 0. The zero-order chi connectivity index (χ0) is 17.3. The summed E-state index contributed by atoms with van der Waals surface area (Å²) in [6, 6.07) is 10.6. The first kappa shape index (κ1) is 16.3. The van der Waals surface area contributed by atoms with Gasteiger partial charge in [0.1, 0.15) is 16.7 Å². The van der Waals surface area contributed by atoms with Gasteiger partial charge in [0.25, 0.3) is 0 Å². The van der Waals surface area contributed by atoms with E-state index >= 15 is 0 Å². The lowest BCUT2D eigenvalue weighted by Gasteiger charge is -2.28. The Bertz CT molecular complexity index is 893. The normalized spacial score (nSPS) is 12.9. The van der Waals surface area contributed by atoms with Gasteiger partial charge in [0, 0.05) is 17.8 Å². The Morgan fingerprint density at radius 2 is 2.12 bits per heavy atom. The molecule has 0 bridgehead atoms. The van der Waals surface area contributed by atoms with E-state index in [-0.39, 0.29) is 0 Å². The molecule has 1 aromatic carbocycles. The SMILES string of the molecule is C=C1c2c(C)nc(SC)c(C#N)c2N=CN1Cc1cccc(C)c1. The van der Waals surface area contributed by atoms with E-state index in [2.05, 4.69) is 47.7 Å². The Balaban J connectivity index is 2.02. The van der Waals surface area contributed by atoms with Crippen LogP contribution >= 0.6 is 11.8 Å². The lowest BCUT2D eigenvalue weighted by molar-refractivity contribution is 0.589. The second-order valence-corrected chi connectivity index (χ2v) is 6.52. The molecule has 2 aromatic rings. The minimum atomic E-state index is 0.524. The monoisotopic (exact) mass is 334 g/mol. The number of fused-ring (bicyclic) bond motifs is 1. The topological polar surface area (TPSA) is 52.3 Å². The molecule has 0 saturated heterocycles. The molecule has 1 aliphatic rings. The van der Waals surface area contributed by atoms with Crippen molar-refractivity contribution in [2.75, 3.05) is 6.26 Å². The molecule has 3 rings (SSSR count). The van der Waals surface area contributed by atoms with Crippen LogP contribution in [0.15, 0.2) is 40.9 Å². The number of aromatic nitrogens is 1. The summed E-state index contributed by atoms with van der Waals surface area (Å²) in [6.07, 6.45) is 3.68. The van der Waals surface area contributed by atoms with Crippen molar-refractivity contribution in [1.29, 1.82) is 5.26 Å². The number of nitrogens with zero attached hydrogens (tertiary/aromatic N) is 4. The average Bonchev–Trinajstić information content (AvgIpc) is 2.56. The molecule has 1 aliphatic heterocycles. The van der Waals surface area contributed by atoms with Crippen LogP contribution in [0, 0.1) is 25.2 Å². The van der Waals surface area contributed by atoms with Crippen molar-refractivity contribution in [3.05, 3.63) is 58.8 Å². The number of hydrogen-bond acceptors (Lipinski definition) is 5. The fourth-order valence-corrected chi connectivity index (χ4v) is 3.44. The molecule has 0 radical (unpaired) electrons. The second kappa shape index (κ2) is 6.50. The van der Waals surface area contributed by atoms with Crippen LogP contribution in [0.4, 0.5) is 5.69 Å². The van der Waals surface area contributed by atoms with Crippen LogP contribution in [0.5, 0.6) is 0 Å². The highest BCUT2D eigenvalue weighted by Gasteiger charge is 2.24. The van der Waals surface area contributed by atoms with Crippen molar-refractivity contribution >= 4 is 29.5 Å². The number of aryl methyl sites for hydroxylation is 2. The maximum Gasteiger partial charge on any atom is 0.116 e. The van der Waals surface area contributed by atoms with E-state index < -0.39 is 0 Å². The molecular weight excluding hydrogens is 316 g/mol. The molecule has 0 aliphatic carbocycles. The quantitative estimate of drug-likeness (QED) is 0.779. The second-order valence-electron chi connectivity index (χ2n) is 5.73. The Hall–Kier alpha value is -2.58. The van der Waals surface area contributed by atoms with Crippen molar-refractivity contribution in [2.24, 2.45) is 4.99 Å². The van der Waals surface area contributed by atoms with E-state index in [1.165, 1.54) is 22.9 Å². The summed E-state index contributed by atoms with van der Waals surface area (Å²) in [7, 11) is 0. The summed E-state index contributed by atoms with van der Waals surface area (Å²) in [4.78, 5) is 11.1. The Labute approximate surface area is 146 Å². The number of aliphatic imine (C=N–C) groups is 1. The van der Waals surface area contributed by atoms with E-state index in [1.807, 2.05) is 24.1 Å². The molecule has 5 heteroatoms. The van der Waals surface area contributed by atoms with Crippen molar-refractivity contribution < 1.29 is 0 Å². The minimum Gasteiger partial charge on any atom is -0.328 e. The fraction of sp³-hybridized carbons (Fsp3) is 0.211. The van der Waals surface area contributed by atoms with Gasteiger partial charge in [-0.1, -0.05) is 36.4 Å². The smallest absolute Gasteiger partial charge is 0.116 e. The molecule has 0 fully saturated rings. The maximum absolute atomic E-state index is 9.49. The Morgan fingerprint density at radius 3 is 2.79 bits per heavy atom. The third-order valence-corrected chi connectivity index (χ3v) is 4.70. The molecule has 2 heterocycles. The molecule has 0 saturated carbocycles. The third kappa shape index (κ3) is 2.81. The highest BCUT2D eigenvalue weighted by Crippen LogP contribution is 2.39. The van der Waals surface area contributed by atoms with Gasteiger partial charge in [0.15, 0.2) is 0 Å². The van der Waals surface area contributed by atoms with E-state index in [1.54, 1.807) is 6.34 Å². The van der Waals surface area contributed by atoms with Gasteiger partial charge in [-0.2, -0.15) is 5.26 Å². The third-order valence-electron chi connectivity index (χ3n) is 4.02. The number of rotatable bonds is 3. The van der Waals surface area contributed by atoms with Crippen LogP contribution in [0.1, 0.15) is 27.9 Å². The van der Waals surface area contributed by atoms with E-state index in [9.17, 15) is 5.26 Å². The standard InChI is InChI=1S/C19H18N4S/c1-12-6-5-7-15(8-12)10-23-11-21-18-16(9-20)19(24-4)22-13(2)17(18)14(23)3/h5-8,11H,3,10H2,1-2,4H3. The zero-order valence-corrected chi connectivity index (χ0v) is 14.8. The fourth-order valence-electron chi connectivity index (χ4n) is 2.87. The molecule has 4 nitrogen and oxygen atoms in total. The van der Waals surface area contributed by atoms with Gasteiger partial charge in [0.2, 0.25) is 0 Å². The molecule has 0 atom stereocenters. The van der Waals surface area contributed by atoms with Crippen molar-refractivity contribution in [1.82, 2.24) is 9.88 Å². The van der Waals surface area contributed by atoms with E-state index in [4.69, 9.17) is 0 Å². The van der Waals surface area contributed by atoms with Crippen molar-refractivity contribution in [3.63, 3.8) is 0 Å². The summed E-state index contributed by atoms with van der Waals surface area (Å²) < 4.78 is 0. The number of nitriles is 1. The zero-order valence-electron chi connectivity index (χ0n) is 14.0. The van der Waals surface area contributed by atoms with E-state index in [0.29, 0.717) is 22.8 Å². The highest BCUT2D eigenvalue weighted by atomic mass is 32.2. The first-order valence-corrected chi connectivity index (χ1v) is 8.82. The average molecular weight is 334 g/mol. The van der Waals surface area contributed by atoms with Crippen LogP contribution < -0.4 is 0 Å². The van der Waals surface area contributed by atoms with Gasteiger partial charge >= 0.3 is 0 Å². The molecule has 0 N–H and O–H groups in total. The number of benzene rings is 1. The maximum atomic E-state index is 9.49. The van der Waals surface area contributed by atoms with Crippen LogP contribution in [0.3, 0.4) is 0 Å². The van der Waals surface area contributed by atoms with Gasteiger partial charge < -0.3 is 4.90 Å². The van der Waals surface area contributed by atoms with Crippen molar-refractivity contribution in [3.8, 4) is 6.07 Å². The van der Waals surface area contributed by atoms with Crippen LogP contribution in [-0.4, -0.2) is 22.5 Å². The van der Waals surface area contributed by atoms with Crippen LogP contribution in [-0.2, 0) is 6.54 Å².